The molecule has 1 aliphatic carbocycles. The molecule has 2 rings (SSSR count). The summed E-state index contributed by atoms with van der Waals surface area (Å²) in [6.45, 7) is 2.33. The van der Waals surface area contributed by atoms with Gasteiger partial charge in [0.25, 0.3) is 0 Å². The van der Waals surface area contributed by atoms with E-state index in [1.54, 1.807) is 6.92 Å². The van der Waals surface area contributed by atoms with Crippen LogP contribution in [0.2, 0.25) is 0 Å². The minimum absolute atomic E-state index is 0.246. The van der Waals surface area contributed by atoms with Crippen LogP contribution < -0.4 is 11.1 Å². The summed E-state index contributed by atoms with van der Waals surface area (Å²) in [6.07, 6.45) is 4.66. The van der Waals surface area contributed by atoms with Gasteiger partial charge in [-0.1, -0.05) is 25.7 Å². The minimum Gasteiger partial charge on any atom is -0.480 e. The largest absolute Gasteiger partial charge is 0.480 e. The van der Waals surface area contributed by atoms with E-state index in [0.717, 1.165) is 25.7 Å². The standard InChI is InChI=1S/C14H24N2O4/c1-13(9-20-8-10(13)15)11(17)16-14(12(18)19)6-4-2-3-5-7-14/h10H,2-9,15H2,1H3,(H,16,17)(H,18,19). The third-order valence-corrected chi connectivity index (χ3v) is 4.76. The third-order valence-electron chi connectivity index (χ3n) is 4.76. The van der Waals surface area contributed by atoms with Gasteiger partial charge < -0.3 is 20.9 Å². The first-order chi connectivity index (χ1) is 9.41. The number of nitrogens with one attached hydrogen (secondary N) is 1. The average molecular weight is 284 g/mol. The summed E-state index contributed by atoms with van der Waals surface area (Å²) >= 11 is 0. The zero-order chi connectivity index (χ0) is 14.8. The summed E-state index contributed by atoms with van der Waals surface area (Å²) < 4.78 is 5.27. The average Bonchev–Trinajstić information content (AvgIpc) is 2.63. The highest BCUT2D eigenvalue weighted by molar-refractivity contribution is 5.90. The lowest BCUT2D eigenvalue weighted by Gasteiger charge is -2.34. The second-order valence-corrected chi connectivity index (χ2v) is 6.29. The second kappa shape index (κ2) is 5.69. The first-order valence-corrected chi connectivity index (χ1v) is 7.30. The Morgan fingerprint density at radius 3 is 2.30 bits per heavy atom. The lowest BCUT2D eigenvalue weighted by Crippen LogP contribution is -2.60. The van der Waals surface area contributed by atoms with Gasteiger partial charge in [0, 0.05) is 6.04 Å². The molecule has 1 aliphatic heterocycles. The van der Waals surface area contributed by atoms with Crippen LogP contribution >= 0.6 is 0 Å². The van der Waals surface area contributed by atoms with E-state index in [-0.39, 0.29) is 18.6 Å². The lowest BCUT2D eigenvalue weighted by atomic mass is 9.82. The van der Waals surface area contributed by atoms with Crippen molar-refractivity contribution in [1.82, 2.24) is 5.32 Å². The molecule has 0 bridgehead atoms. The highest BCUT2D eigenvalue weighted by Gasteiger charge is 2.49. The Morgan fingerprint density at radius 2 is 1.85 bits per heavy atom. The number of hydrogen-bond donors (Lipinski definition) is 3. The van der Waals surface area contributed by atoms with Gasteiger partial charge >= 0.3 is 5.97 Å². The minimum atomic E-state index is -1.14. The van der Waals surface area contributed by atoms with Crippen molar-refractivity contribution in [3.8, 4) is 0 Å². The van der Waals surface area contributed by atoms with E-state index in [4.69, 9.17) is 10.5 Å². The molecule has 1 heterocycles. The van der Waals surface area contributed by atoms with Crippen molar-refractivity contribution >= 4 is 11.9 Å². The molecule has 6 nitrogen and oxygen atoms in total. The van der Waals surface area contributed by atoms with E-state index in [9.17, 15) is 14.7 Å². The van der Waals surface area contributed by atoms with E-state index < -0.39 is 16.9 Å². The zero-order valence-electron chi connectivity index (χ0n) is 12.0. The Kier molecular flexibility index (Phi) is 4.34. The van der Waals surface area contributed by atoms with Gasteiger partial charge in [-0.05, 0) is 19.8 Å². The smallest absolute Gasteiger partial charge is 0.329 e. The first kappa shape index (κ1) is 15.3. The molecule has 6 heteroatoms. The molecule has 0 aromatic rings. The molecular weight excluding hydrogens is 260 g/mol. The molecule has 2 atom stereocenters. The van der Waals surface area contributed by atoms with Crippen molar-refractivity contribution in [3.05, 3.63) is 0 Å². The summed E-state index contributed by atoms with van der Waals surface area (Å²) in [6, 6.07) is -0.390. The molecule has 1 saturated heterocycles. The molecule has 4 N–H and O–H groups in total. The van der Waals surface area contributed by atoms with Gasteiger partial charge in [0.2, 0.25) is 5.91 Å². The molecule has 20 heavy (non-hydrogen) atoms. The number of carbonyl (C=O) groups is 2. The first-order valence-electron chi connectivity index (χ1n) is 7.30. The molecule has 1 saturated carbocycles. The van der Waals surface area contributed by atoms with Gasteiger partial charge in [-0.2, -0.15) is 0 Å². The highest BCUT2D eigenvalue weighted by Crippen LogP contribution is 2.32. The Hall–Kier alpha value is -1.14. The molecule has 2 aliphatic rings. The van der Waals surface area contributed by atoms with E-state index in [1.807, 2.05) is 0 Å². The lowest BCUT2D eigenvalue weighted by molar-refractivity contribution is -0.150. The van der Waals surface area contributed by atoms with E-state index in [2.05, 4.69) is 5.32 Å². The van der Waals surface area contributed by atoms with Gasteiger partial charge in [0.15, 0.2) is 0 Å². The number of carbonyl (C=O) groups excluding carboxylic acids is 1. The van der Waals surface area contributed by atoms with E-state index >= 15 is 0 Å². The summed E-state index contributed by atoms with van der Waals surface area (Å²) in [5.74, 6) is -1.24. The fraction of sp³-hybridized carbons (Fsp3) is 0.857. The van der Waals surface area contributed by atoms with Crippen molar-refractivity contribution in [2.75, 3.05) is 13.2 Å². The monoisotopic (exact) mass is 284 g/mol. The maximum absolute atomic E-state index is 12.5. The Morgan fingerprint density at radius 1 is 1.25 bits per heavy atom. The number of ether oxygens (including phenoxy) is 1. The van der Waals surface area contributed by atoms with Gasteiger partial charge in [0.05, 0.1) is 18.6 Å². The van der Waals surface area contributed by atoms with Crippen LogP contribution in [0.5, 0.6) is 0 Å². The molecule has 0 aromatic carbocycles. The molecule has 0 spiro atoms. The van der Waals surface area contributed by atoms with Crippen molar-refractivity contribution in [3.63, 3.8) is 0 Å². The molecule has 2 unspecified atom stereocenters. The van der Waals surface area contributed by atoms with Gasteiger partial charge in [-0.3, -0.25) is 4.79 Å². The van der Waals surface area contributed by atoms with Gasteiger partial charge in [0.1, 0.15) is 5.54 Å². The molecule has 0 aromatic heterocycles. The molecule has 0 radical (unpaired) electrons. The van der Waals surface area contributed by atoms with Crippen molar-refractivity contribution < 1.29 is 19.4 Å². The predicted octanol–water partition coefficient (Wildman–Crippen LogP) is 0.644. The van der Waals surface area contributed by atoms with Crippen molar-refractivity contribution in [2.24, 2.45) is 11.1 Å². The Bertz CT molecular complexity index is 391. The SMILES string of the molecule is CC1(C(=O)NC2(C(=O)O)CCCCCC2)COCC1N. The van der Waals surface area contributed by atoms with Crippen molar-refractivity contribution in [1.29, 1.82) is 0 Å². The summed E-state index contributed by atoms with van der Waals surface area (Å²) in [5.41, 5.74) is 3.96. The summed E-state index contributed by atoms with van der Waals surface area (Å²) in [4.78, 5) is 24.2. The number of nitrogens with two attached hydrogens (primary N) is 1. The number of rotatable bonds is 3. The quantitative estimate of drug-likeness (QED) is 0.660. The van der Waals surface area contributed by atoms with Crippen LogP contribution in [0.1, 0.15) is 45.4 Å². The zero-order valence-corrected chi connectivity index (χ0v) is 12.0. The van der Waals surface area contributed by atoms with E-state index in [0.29, 0.717) is 19.4 Å². The third kappa shape index (κ3) is 2.67. The topological polar surface area (TPSA) is 102 Å². The fourth-order valence-electron chi connectivity index (χ4n) is 3.01. The molecule has 114 valence electrons. The highest BCUT2D eigenvalue weighted by atomic mass is 16.5. The van der Waals surface area contributed by atoms with Crippen LogP contribution in [0.15, 0.2) is 0 Å². The van der Waals surface area contributed by atoms with Crippen LogP contribution in [-0.2, 0) is 14.3 Å². The Balaban J connectivity index is 2.15. The van der Waals surface area contributed by atoms with Gasteiger partial charge in [-0.15, -0.1) is 0 Å². The summed E-state index contributed by atoms with van der Waals surface area (Å²) in [7, 11) is 0. The number of aliphatic carboxylic acids is 1. The van der Waals surface area contributed by atoms with Crippen LogP contribution in [0.3, 0.4) is 0 Å². The molecule has 1 amide bonds. The normalized spacial score (nSPS) is 33.4. The predicted molar refractivity (Wildman–Crippen MR) is 73.1 cm³/mol. The molecular formula is C14H24N2O4. The Labute approximate surface area is 119 Å². The fourth-order valence-corrected chi connectivity index (χ4v) is 3.01. The maximum atomic E-state index is 12.5. The number of hydrogen-bond acceptors (Lipinski definition) is 4. The second-order valence-electron chi connectivity index (χ2n) is 6.29. The van der Waals surface area contributed by atoms with Crippen LogP contribution in [0.4, 0.5) is 0 Å². The molecule has 2 fully saturated rings. The van der Waals surface area contributed by atoms with Crippen LogP contribution in [0.25, 0.3) is 0 Å². The van der Waals surface area contributed by atoms with Crippen LogP contribution in [-0.4, -0.2) is 41.8 Å². The number of carboxylic acids is 1. The van der Waals surface area contributed by atoms with Crippen LogP contribution in [0, 0.1) is 5.41 Å². The maximum Gasteiger partial charge on any atom is 0.329 e. The number of carboxylic acid groups (broad SMARTS) is 1. The summed E-state index contributed by atoms with van der Waals surface area (Å²) in [5, 5.41) is 12.4. The van der Waals surface area contributed by atoms with Gasteiger partial charge in [-0.25, -0.2) is 4.79 Å². The van der Waals surface area contributed by atoms with E-state index in [1.165, 1.54) is 0 Å². The van der Waals surface area contributed by atoms with Crippen molar-refractivity contribution in [2.45, 2.75) is 57.0 Å². The number of amides is 1.